The van der Waals surface area contributed by atoms with Crippen LogP contribution in [-0.4, -0.2) is 61.6 Å². The largest absolute Gasteiger partial charge is 0.340 e. The molecule has 2 aromatic rings. The highest BCUT2D eigenvalue weighted by atomic mass is 16.2. The lowest BCUT2D eigenvalue weighted by molar-refractivity contribution is -0.470. The lowest BCUT2D eigenvalue weighted by atomic mass is 9.10. The van der Waals surface area contributed by atoms with Gasteiger partial charge in [0.05, 0.1) is 11.2 Å². The number of aromatic nitrogens is 4. The predicted octanol–water partition coefficient (Wildman–Crippen LogP) is 1.92. The van der Waals surface area contributed by atoms with E-state index in [1.807, 2.05) is 24.7 Å². The standard InChI is InChI=1S/C23H28N6O/c30-20(28-7-5-27(6-8-28)13-19-3-1-2-4-25-19)12-21-10-17-9-18-11-22(14-21,23(17,18)21)29-16-24-15-26-29/h1-4,15-18H,5-14H2. The number of amides is 1. The van der Waals surface area contributed by atoms with Crippen LogP contribution in [0.2, 0.25) is 0 Å². The van der Waals surface area contributed by atoms with Crippen molar-refractivity contribution in [3.05, 3.63) is 42.7 Å². The van der Waals surface area contributed by atoms with E-state index in [9.17, 15) is 4.79 Å². The Morgan fingerprint density at radius 2 is 2.00 bits per heavy atom. The number of carbonyl (C=O) groups is 1. The summed E-state index contributed by atoms with van der Waals surface area (Å²) in [5.74, 6) is 2.01. The smallest absolute Gasteiger partial charge is 0.223 e. The second kappa shape index (κ2) is 5.69. The number of piperazine rings is 1. The molecular weight excluding hydrogens is 376 g/mol. The Labute approximate surface area is 176 Å². The van der Waals surface area contributed by atoms with E-state index >= 15 is 0 Å². The first-order chi connectivity index (χ1) is 14.7. The molecule has 7 nitrogen and oxygen atoms in total. The minimum atomic E-state index is 0.178. The van der Waals surface area contributed by atoms with E-state index in [1.54, 1.807) is 6.33 Å². The van der Waals surface area contributed by atoms with Crippen LogP contribution in [0.1, 0.15) is 37.8 Å². The van der Waals surface area contributed by atoms with Gasteiger partial charge in [-0.15, -0.1) is 0 Å². The maximum atomic E-state index is 13.3. The Hall–Kier alpha value is -2.28. The van der Waals surface area contributed by atoms with Gasteiger partial charge in [-0.3, -0.25) is 14.7 Å². The number of hydrogen-bond donors (Lipinski definition) is 0. The summed E-state index contributed by atoms with van der Waals surface area (Å²) >= 11 is 0. The normalized spacial score (nSPS) is 40.9. The number of hydrogen-bond acceptors (Lipinski definition) is 5. The average Bonchev–Trinajstić information content (AvgIpc) is 3.24. The molecule has 1 amide bonds. The summed E-state index contributed by atoms with van der Waals surface area (Å²) in [4.78, 5) is 26.5. The third-order valence-electron chi connectivity index (χ3n) is 9.54. The molecule has 3 heterocycles. The quantitative estimate of drug-likeness (QED) is 0.762. The highest BCUT2D eigenvalue weighted by Crippen LogP contribution is 2.96. The van der Waals surface area contributed by atoms with E-state index in [0.29, 0.717) is 11.3 Å². The summed E-state index contributed by atoms with van der Waals surface area (Å²) in [6.07, 6.45) is 11.2. The molecule has 0 aromatic carbocycles. The van der Waals surface area contributed by atoms with E-state index < -0.39 is 0 Å². The van der Waals surface area contributed by atoms with Crippen molar-refractivity contribution in [2.24, 2.45) is 22.7 Å². The molecule has 5 atom stereocenters. The number of pyridine rings is 1. The van der Waals surface area contributed by atoms with E-state index in [0.717, 1.165) is 63.1 Å². The minimum Gasteiger partial charge on any atom is -0.340 e. The van der Waals surface area contributed by atoms with Crippen LogP contribution >= 0.6 is 0 Å². The van der Waals surface area contributed by atoms with Crippen molar-refractivity contribution in [1.29, 1.82) is 0 Å². The summed E-state index contributed by atoms with van der Waals surface area (Å²) in [5, 5.41) is 4.52. The molecule has 2 aromatic heterocycles. The lowest BCUT2D eigenvalue weighted by Gasteiger charge is -2.95. The first-order valence-corrected chi connectivity index (χ1v) is 11.4. The molecule has 30 heavy (non-hydrogen) atoms. The van der Waals surface area contributed by atoms with E-state index in [4.69, 9.17) is 0 Å². The minimum absolute atomic E-state index is 0.178. The van der Waals surface area contributed by atoms with Gasteiger partial charge in [-0.1, -0.05) is 6.07 Å². The number of rotatable bonds is 5. The van der Waals surface area contributed by atoms with E-state index in [-0.39, 0.29) is 11.0 Å². The fraction of sp³-hybridized carbons (Fsp3) is 0.652. The monoisotopic (exact) mass is 404 g/mol. The molecule has 1 aliphatic heterocycles. The van der Waals surface area contributed by atoms with Crippen LogP contribution < -0.4 is 0 Å². The van der Waals surface area contributed by atoms with Gasteiger partial charge in [0.1, 0.15) is 12.7 Å². The summed E-state index contributed by atoms with van der Waals surface area (Å²) in [5.41, 5.74) is 1.89. The number of nitrogens with zero attached hydrogens (tertiary/aromatic N) is 6. The summed E-state index contributed by atoms with van der Waals surface area (Å²) in [7, 11) is 0. The van der Waals surface area contributed by atoms with Crippen molar-refractivity contribution in [2.75, 3.05) is 26.2 Å². The third-order valence-corrected chi connectivity index (χ3v) is 9.54. The predicted molar refractivity (Wildman–Crippen MR) is 109 cm³/mol. The SMILES string of the molecule is O=C(CC12CC3CC4CC(n5cncn5)(C1)C342)N1CCN(Cc2ccccn2)CC1. The second-order valence-electron chi connectivity index (χ2n) is 10.4. The van der Waals surface area contributed by atoms with Crippen molar-refractivity contribution < 1.29 is 4.79 Å². The Balaban J connectivity index is 1.01. The van der Waals surface area contributed by atoms with Crippen LogP contribution in [-0.2, 0) is 16.9 Å². The van der Waals surface area contributed by atoms with Crippen LogP contribution in [0, 0.1) is 22.7 Å². The first kappa shape index (κ1) is 17.4. The summed E-state index contributed by atoms with van der Waals surface area (Å²) in [6, 6.07) is 6.07. The molecule has 1 spiro atoms. The molecule has 5 aliphatic rings. The highest BCUT2D eigenvalue weighted by Gasteiger charge is 2.94. The maximum Gasteiger partial charge on any atom is 0.223 e. The van der Waals surface area contributed by atoms with E-state index in [1.165, 1.54) is 19.3 Å². The average molecular weight is 405 g/mol. The Kier molecular flexibility index (Phi) is 3.30. The molecule has 156 valence electrons. The molecule has 1 saturated heterocycles. The van der Waals surface area contributed by atoms with E-state index in [2.05, 4.69) is 35.6 Å². The zero-order valence-electron chi connectivity index (χ0n) is 17.3. The van der Waals surface area contributed by atoms with Crippen LogP contribution in [0.25, 0.3) is 0 Å². The fourth-order valence-electron chi connectivity index (χ4n) is 8.69. The molecule has 0 N–H and O–H groups in total. The summed E-state index contributed by atoms with van der Waals surface area (Å²) in [6.45, 7) is 4.44. The van der Waals surface area contributed by atoms with Gasteiger partial charge in [-0.05, 0) is 55.1 Å². The first-order valence-electron chi connectivity index (χ1n) is 11.4. The van der Waals surface area contributed by atoms with Gasteiger partial charge in [0.15, 0.2) is 0 Å². The highest BCUT2D eigenvalue weighted by molar-refractivity contribution is 5.78. The fourth-order valence-corrected chi connectivity index (χ4v) is 8.69. The van der Waals surface area contributed by atoms with Crippen LogP contribution in [0.15, 0.2) is 37.1 Å². The van der Waals surface area contributed by atoms with Gasteiger partial charge >= 0.3 is 0 Å². The zero-order chi connectivity index (χ0) is 20.0. The van der Waals surface area contributed by atoms with Gasteiger partial charge in [0.25, 0.3) is 0 Å². The summed E-state index contributed by atoms with van der Waals surface area (Å²) < 4.78 is 2.15. The van der Waals surface area contributed by atoms with Crippen molar-refractivity contribution in [1.82, 2.24) is 29.5 Å². The second-order valence-corrected chi connectivity index (χ2v) is 10.4. The van der Waals surface area contributed by atoms with Crippen molar-refractivity contribution >= 4 is 5.91 Å². The van der Waals surface area contributed by atoms with Crippen LogP contribution in [0.5, 0.6) is 0 Å². The van der Waals surface area contributed by atoms with Gasteiger partial charge in [0.2, 0.25) is 5.91 Å². The maximum absolute atomic E-state index is 13.3. The zero-order valence-corrected chi connectivity index (χ0v) is 17.3. The van der Waals surface area contributed by atoms with Gasteiger partial charge in [-0.25, -0.2) is 9.67 Å². The Bertz CT molecular complexity index is 980. The molecule has 5 fully saturated rings. The molecule has 4 saturated carbocycles. The Morgan fingerprint density at radius 3 is 2.70 bits per heavy atom. The third kappa shape index (κ3) is 1.87. The Morgan fingerprint density at radius 1 is 1.13 bits per heavy atom. The molecule has 7 rings (SSSR count). The molecule has 0 bridgehead atoms. The van der Waals surface area contributed by atoms with Crippen LogP contribution in [0.4, 0.5) is 0 Å². The van der Waals surface area contributed by atoms with Gasteiger partial charge in [0, 0.05) is 50.8 Å². The molecule has 5 unspecified atom stereocenters. The molecule has 7 heteroatoms. The number of carbonyl (C=O) groups excluding carboxylic acids is 1. The van der Waals surface area contributed by atoms with Gasteiger partial charge < -0.3 is 4.90 Å². The van der Waals surface area contributed by atoms with Gasteiger partial charge in [-0.2, -0.15) is 5.10 Å². The lowest BCUT2D eigenvalue weighted by Crippen LogP contribution is -2.93. The molecule has 0 radical (unpaired) electrons. The van der Waals surface area contributed by atoms with Crippen molar-refractivity contribution in [3.8, 4) is 0 Å². The topological polar surface area (TPSA) is 67.2 Å². The molecular formula is C23H28N6O. The van der Waals surface area contributed by atoms with Crippen LogP contribution in [0.3, 0.4) is 0 Å². The van der Waals surface area contributed by atoms with Crippen molar-refractivity contribution in [2.45, 2.75) is 44.2 Å². The van der Waals surface area contributed by atoms with Crippen molar-refractivity contribution in [3.63, 3.8) is 0 Å². The molecule has 4 aliphatic carbocycles.